The van der Waals surface area contributed by atoms with Gasteiger partial charge in [0.15, 0.2) is 22.7 Å². The number of carbonyl (C=O) groups is 1. The van der Waals surface area contributed by atoms with E-state index < -0.39 is 34.4 Å². The minimum atomic E-state index is -0.692. The highest BCUT2D eigenvalue weighted by Gasteiger charge is 2.19. The number of nitrogens with zero attached hydrogens (tertiary/aromatic N) is 5. The quantitative estimate of drug-likeness (QED) is 0.122. The van der Waals surface area contributed by atoms with Crippen LogP contribution in [0, 0.1) is 0 Å². The Morgan fingerprint density at radius 1 is 1.14 bits per heavy atom. The molecule has 0 saturated carbocycles. The first-order valence-electron chi connectivity index (χ1n) is 11.2. The van der Waals surface area contributed by atoms with E-state index in [1.54, 1.807) is 16.7 Å². The molecular weight excluding hydrogens is 486 g/mol. The fourth-order valence-electron chi connectivity index (χ4n) is 3.69. The molecule has 1 amide bonds. The number of carbonyl (C=O) groups excluding carboxylic acids is 1. The summed E-state index contributed by atoms with van der Waals surface area (Å²) in [6.45, 7) is 0.521. The molecule has 3 heterocycles. The predicted molar refractivity (Wildman–Crippen MR) is 133 cm³/mol. The van der Waals surface area contributed by atoms with E-state index in [0.717, 1.165) is 10.8 Å². The zero-order valence-electron chi connectivity index (χ0n) is 20.0. The standard InChI is InChI=1S/C23H25N7O7/c1-28-20-17(21(35)29(2)23(28)36)30(22(26-20)24-12-14-5-4-10-37-14)9-3-6-16(32)27-25-11-13-7-8-15(31)19(34)18(13)33/h4-5,7-8,10-11,31,33-34H,3,6,9,12H2,1-2H3,(H,24,26)(H,27,32)/b25-11+. The number of fused-ring (bicyclic) bond motifs is 1. The van der Waals surface area contributed by atoms with E-state index in [9.17, 15) is 29.7 Å². The summed E-state index contributed by atoms with van der Waals surface area (Å²) >= 11 is 0. The SMILES string of the molecule is Cn1c(=O)c2c(nc(NCc3ccco3)n2CCCC(=O)N/N=C/c2ccc(O)c(O)c2O)n(C)c1=O. The third-order valence-electron chi connectivity index (χ3n) is 5.69. The van der Waals surface area contributed by atoms with Crippen LogP contribution in [0.3, 0.4) is 0 Å². The molecule has 0 saturated heterocycles. The number of anilines is 1. The minimum Gasteiger partial charge on any atom is -0.504 e. The third kappa shape index (κ3) is 5.03. The van der Waals surface area contributed by atoms with Crippen molar-refractivity contribution in [1.29, 1.82) is 0 Å². The summed E-state index contributed by atoms with van der Waals surface area (Å²) in [5.74, 6) is -1.21. The number of imidazole rings is 1. The Morgan fingerprint density at radius 3 is 2.65 bits per heavy atom. The van der Waals surface area contributed by atoms with E-state index in [-0.39, 0.29) is 29.7 Å². The van der Waals surface area contributed by atoms with Crippen molar-refractivity contribution in [3.63, 3.8) is 0 Å². The van der Waals surface area contributed by atoms with Crippen molar-refractivity contribution in [3.8, 4) is 17.2 Å². The summed E-state index contributed by atoms with van der Waals surface area (Å²) < 4.78 is 9.22. The lowest BCUT2D eigenvalue weighted by atomic mass is 10.2. The molecule has 5 N–H and O–H groups in total. The summed E-state index contributed by atoms with van der Waals surface area (Å²) in [5.41, 5.74) is 1.81. The number of hydrogen-bond acceptors (Lipinski definition) is 10. The summed E-state index contributed by atoms with van der Waals surface area (Å²) in [4.78, 5) is 42.0. The van der Waals surface area contributed by atoms with Crippen molar-refractivity contribution in [2.24, 2.45) is 19.2 Å². The second kappa shape index (κ2) is 10.3. The van der Waals surface area contributed by atoms with Gasteiger partial charge in [-0.05, 0) is 30.7 Å². The van der Waals surface area contributed by atoms with Crippen LogP contribution in [-0.4, -0.2) is 46.1 Å². The Hall–Kier alpha value is -5.01. The Balaban J connectivity index is 1.48. The largest absolute Gasteiger partial charge is 0.504 e. The molecule has 14 heteroatoms. The number of benzene rings is 1. The maximum absolute atomic E-state index is 12.9. The fraction of sp³-hybridized carbons (Fsp3) is 0.261. The molecule has 0 aliphatic rings. The molecule has 0 radical (unpaired) electrons. The molecule has 4 aromatic rings. The van der Waals surface area contributed by atoms with Crippen LogP contribution in [0.2, 0.25) is 0 Å². The Kier molecular flexibility index (Phi) is 6.99. The monoisotopic (exact) mass is 511 g/mol. The molecule has 0 unspecified atom stereocenters. The van der Waals surface area contributed by atoms with Crippen LogP contribution in [0.4, 0.5) is 5.95 Å². The number of furan rings is 1. The van der Waals surface area contributed by atoms with Gasteiger partial charge in [-0.15, -0.1) is 0 Å². The molecule has 0 atom stereocenters. The summed E-state index contributed by atoms with van der Waals surface area (Å²) in [6.07, 6.45) is 3.00. The van der Waals surface area contributed by atoms with Gasteiger partial charge in [0.25, 0.3) is 5.56 Å². The average molecular weight is 511 g/mol. The van der Waals surface area contributed by atoms with Crippen molar-refractivity contribution in [2.75, 3.05) is 5.32 Å². The van der Waals surface area contributed by atoms with Gasteiger partial charge in [0.05, 0.1) is 19.0 Å². The van der Waals surface area contributed by atoms with Crippen molar-refractivity contribution >= 4 is 29.2 Å². The molecule has 4 rings (SSSR count). The van der Waals surface area contributed by atoms with E-state index in [4.69, 9.17) is 4.42 Å². The molecule has 37 heavy (non-hydrogen) atoms. The van der Waals surface area contributed by atoms with Crippen molar-refractivity contribution in [3.05, 3.63) is 62.7 Å². The maximum atomic E-state index is 12.9. The van der Waals surface area contributed by atoms with Gasteiger partial charge in [0.2, 0.25) is 17.6 Å². The van der Waals surface area contributed by atoms with Gasteiger partial charge in [-0.25, -0.2) is 10.2 Å². The van der Waals surface area contributed by atoms with Crippen LogP contribution in [0.15, 0.2) is 49.6 Å². The first-order valence-corrected chi connectivity index (χ1v) is 11.2. The van der Waals surface area contributed by atoms with E-state index in [1.165, 1.54) is 37.1 Å². The fourth-order valence-corrected chi connectivity index (χ4v) is 3.69. The van der Waals surface area contributed by atoms with Gasteiger partial charge in [0, 0.05) is 32.6 Å². The Morgan fingerprint density at radius 2 is 1.92 bits per heavy atom. The van der Waals surface area contributed by atoms with E-state index >= 15 is 0 Å². The summed E-state index contributed by atoms with van der Waals surface area (Å²) in [7, 11) is 2.91. The van der Waals surface area contributed by atoms with Crippen molar-refractivity contribution < 1.29 is 24.5 Å². The number of amides is 1. The number of hydrazone groups is 1. The highest BCUT2D eigenvalue weighted by atomic mass is 16.3. The third-order valence-corrected chi connectivity index (χ3v) is 5.69. The summed E-state index contributed by atoms with van der Waals surface area (Å²) in [5, 5.41) is 35.6. The molecule has 0 spiro atoms. The van der Waals surface area contributed by atoms with Gasteiger partial charge in [-0.2, -0.15) is 10.1 Å². The first-order chi connectivity index (χ1) is 17.7. The summed E-state index contributed by atoms with van der Waals surface area (Å²) in [6, 6.07) is 6.01. The second-order valence-corrected chi connectivity index (χ2v) is 8.17. The highest BCUT2D eigenvalue weighted by Crippen LogP contribution is 2.36. The van der Waals surface area contributed by atoms with Gasteiger partial charge in [-0.1, -0.05) is 0 Å². The number of aromatic hydroxyl groups is 3. The maximum Gasteiger partial charge on any atom is 0.332 e. The van der Waals surface area contributed by atoms with Crippen LogP contribution in [0.1, 0.15) is 24.2 Å². The molecular formula is C23H25N7O7. The normalized spacial score (nSPS) is 11.4. The van der Waals surface area contributed by atoms with Crippen LogP contribution in [-0.2, 0) is 32.0 Å². The van der Waals surface area contributed by atoms with Crippen LogP contribution < -0.4 is 22.0 Å². The number of aromatic nitrogens is 4. The topological polar surface area (TPSA) is 189 Å². The first kappa shape index (κ1) is 25.1. The Bertz CT molecular complexity index is 1600. The molecule has 3 aromatic heterocycles. The van der Waals surface area contributed by atoms with E-state index in [1.807, 2.05) is 0 Å². The van der Waals surface area contributed by atoms with Gasteiger partial charge >= 0.3 is 5.69 Å². The lowest BCUT2D eigenvalue weighted by molar-refractivity contribution is -0.121. The van der Waals surface area contributed by atoms with Gasteiger partial charge < -0.3 is 29.6 Å². The van der Waals surface area contributed by atoms with Crippen LogP contribution in [0.25, 0.3) is 11.2 Å². The van der Waals surface area contributed by atoms with E-state index in [2.05, 4.69) is 20.8 Å². The molecule has 0 aliphatic carbocycles. The zero-order chi connectivity index (χ0) is 26.7. The smallest absolute Gasteiger partial charge is 0.332 e. The molecule has 1 aromatic carbocycles. The number of aryl methyl sites for hydroxylation is 2. The Labute approximate surface area is 208 Å². The average Bonchev–Trinajstić information content (AvgIpc) is 3.53. The van der Waals surface area contributed by atoms with Crippen LogP contribution in [0.5, 0.6) is 17.2 Å². The predicted octanol–water partition coefficient (Wildman–Crippen LogP) is 0.686. The number of rotatable bonds is 9. The van der Waals surface area contributed by atoms with Crippen molar-refractivity contribution in [2.45, 2.75) is 25.9 Å². The lowest BCUT2D eigenvalue weighted by Crippen LogP contribution is -2.37. The van der Waals surface area contributed by atoms with E-state index in [0.29, 0.717) is 24.7 Å². The zero-order valence-corrected chi connectivity index (χ0v) is 20.0. The minimum absolute atomic E-state index is 0.0352. The number of nitrogens with one attached hydrogen (secondary N) is 2. The highest BCUT2D eigenvalue weighted by molar-refractivity contribution is 5.87. The lowest BCUT2D eigenvalue weighted by Gasteiger charge is -2.10. The molecule has 14 nitrogen and oxygen atoms in total. The molecule has 0 fully saturated rings. The number of phenols is 3. The molecule has 0 aliphatic heterocycles. The van der Waals surface area contributed by atoms with Crippen LogP contribution >= 0.6 is 0 Å². The molecule has 194 valence electrons. The number of hydrogen-bond donors (Lipinski definition) is 5. The molecule has 0 bridgehead atoms. The van der Waals surface area contributed by atoms with Gasteiger partial charge in [0.1, 0.15) is 5.76 Å². The number of phenolic OH excluding ortho intramolecular Hbond substituents is 3. The second-order valence-electron chi connectivity index (χ2n) is 8.17. The van der Waals surface area contributed by atoms with Crippen molar-refractivity contribution in [1.82, 2.24) is 24.1 Å². The van der Waals surface area contributed by atoms with Gasteiger partial charge in [-0.3, -0.25) is 18.7 Å².